The molecule has 2 heterocycles. The van der Waals surface area contributed by atoms with E-state index in [1.807, 2.05) is 4.57 Å². The minimum atomic E-state index is -1.14. The van der Waals surface area contributed by atoms with E-state index in [1.54, 1.807) is 0 Å². The van der Waals surface area contributed by atoms with Crippen LogP contribution in [0.25, 0.3) is 0 Å². The lowest BCUT2D eigenvalue weighted by Gasteiger charge is -2.12. The number of fused-ring (bicyclic) bond motifs is 1. The summed E-state index contributed by atoms with van der Waals surface area (Å²) in [4.78, 5) is 15.8. The third-order valence-electron chi connectivity index (χ3n) is 3.67. The molecule has 0 bridgehead atoms. The fraction of sp³-hybridized carbons (Fsp3) is 0.400. The molecule has 128 valence electrons. The molecule has 2 atom stereocenters. The van der Waals surface area contributed by atoms with E-state index in [0.717, 1.165) is 24.9 Å². The predicted molar refractivity (Wildman–Crippen MR) is 87.3 cm³/mol. The zero-order valence-electron chi connectivity index (χ0n) is 13.0. The molecule has 0 saturated heterocycles. The molecule has 9 heteroatoms. The third kappa shape index (κ3) is 3.29. The molecule has 2 aromatic rings. The monoisotopic (exact) mass is 371 g/mol. The second-order valence-electron chi connectivity index (χ2n) is 5.75. The molecule has 2 unspecified atom stereocenters. The summed E-state index contributed by atoms with van der Waals surface area (Å²) >= 11 is 7.13. The molecule has 1 aliphatic heterocycles. The minimum absolute atomic E-state index is 0.00430. The summed E-state index contributed by atoms with van der Waals surface area (Å²) in [6, 6.07) is 2.38. The summed E-state index contributed by atoms with van der Waals surface area (Å²) < 4.78 is 25.7. The molecule has 0 aliphatic carbocycles. The number of rotatable bonds is 4. The fourth-order valence-electron chi connectivity index (χ4n) is 2.44. The van der Waals surface area contributed by atoms with Gasteiger partial charge in [0, 0.05) is 30.6 Å². The van der Waals surface area contributed by atoms with Gasteiger partial charge in [0.15, 0.2) is 11.9 Å². The Labute approximate surface area is 146 Å². The van der Waals surface area contributed by atoms with Gasteiger partial charge in [0.2, 0.25) is 4.80 Å². The van der Waals surface area contributed by atoms with Crippen LogP contribution in [0.15, 0.2) is 17.1 Å². The maximum atomic E-state index is 14.2. The Kier molecular flexibility index (Phi) is 4.60. The number of hydrogen-bond acceptors (Lipinski definition) is 5. The summed E-state index contributed by atoms with van der Waals surface area (Å²) in [5.74, 6) is -0.258. The van der Waals surface area contributed by atoms with Crippen LogP contribution >= 0.6 is 23.1 Å². The Bertz CT molecular complexity index is 864. The smallest absolute Gasteiger partial charge is 0.344 e. The Balaban J connectivity index is 2.00. The Morgan fingerprint density at radius 1 is 1.62 bits per heavy atom. The number of carboxylic acid groups (broad SMARTS) is 1. The first-order valence-corrected chi connectivity index (χ1v) is 8.49. The number of hydrogen-bond donors (Lipinski definition) is 1. The number of benzene rings is 1. The van der Waals surface area contributed by atoms with Gasteiger partial charge in [-0.1, -0.05) is 18.5 Å². The summed E-state index contributed by atoms with van der Waals surface area (Å²) in [5.41, 5.74) is 0.0329. The first-order chi connectivity index (χ1) is 11.3. The van der Waals surface area contributed by atoms with Gasteiger partial charge in [-0.05, 0) is 18.9 Å². The van der Waals surface area contributed by atoms with Gasteiger partial charge in [-0.25, -0.2) is 14.2 Å². The van der Waals surface area contributed by atoms with Gasteiger partial charge in [0.1, 0.15) is 17.3 Å². The van der Waals surface area contributed by atoms with Crippen molar-refractivity contribution < 1.29 is 19.0 Å². The number of aliphatic carboxylic acids is 1. The van der Waals surface area contributed by atoms with E-state index >= 15 is 0 Å². The van der Waals surface area contributed by atoms with Gasteiger partial charge in [0.05, 0.1) is 5.02 Å². The quantitative estimate of drug-likeness (QED) is 0.896. The summed E-state index contributed by atoms with van der Waals surface area (Å²) in [6.07, 6.45) is -0.233. The second-order valence-corrected chi connectivity index (χ2v) is 6.88. The predicted octanol–water partition coefficient (Wildman–Crippen LogP) is 3.01. The van der Waals surface area contributed by atoms with E-state index in [-0.39, 0.29) is 16.5 Å². The molecule has 24 heavy (non-hydrogen) atoms. The van der Waals surface area contributed by atoms with Crippen LogP contribution in [0.5, 0.6) is 5.75 Å². The van der Waals surface area contributed by atoms with Crippen LogP contribution in [0.2, 0.25) is 5.02 Å². The van der Waals surface area contributed by atoms with Crippen molar-refractivity contribution in [3.63, 3.8) is 0 Å². The summed E-state index contributed by atoms with van der Waals surface area (Å²) in [7, 11) is 0. The average molecular weight is 372 g/mol. The SMILES string of the molecule is CC1Cc2nsc(=Nc3cc(OC(C)C(=O)O)c(Cl)cc3F)n2C1. The molecule has 0 spiro atoms. The van der Waals surface area contributed by atoms with E-state index in [1.165, 1.54) is 24.5 Å². The number of nitrogens with zero attached hydrogens (tertiary/aromatic N) is 3. The minimum Gasteiger partial charge on any atom is -0.479 e. The molecular formula is C15H15ClFN3O3S. The van der Waals surface area contributed by atoms with Gasteiger partial charge >= 0.3 is 5.97 Å². The molecule has 1 aromatic heterocycles. The second kappa shape index (κ2) is 6.52. The topological polar surface area (TPSA) is 76.7 Å². The number of ether oxygens (including phenoxy) is 1. The molecular weight excluding hydrogens is 357 g/mol. The highest BCUT2D eigenvalue weighted by Gasteiger charge is 2.21. The molecule has 1 N–H and O–H groups in total. The highest BCUT2D eigenvalue weighted by atomic mass is 35.5. The van der Waals surface area contributed by atoms with E-state index in [2.05, 4.69) is 16.3 Å². The van der Waals surface area contributed by atoms with Gasteiger partial charge in [-0.2, -0.15) is 4.37 Å². The summed E-state index contributed by atoms with van der Waals surface area (Å²) in [5, 5.41) is 8.92. The van der Waals surface area contributed by atoms with Gasteiger partial charge in [-0.15, -0.1) is 0 Å². The number of aromatic nitrogens is 2. The van der Waals surface area contributed by atoms with Crippen molar-refractivity contribution in [2.75, 3.05) is 0 Å². The van der Waals surface area contributed by atoms with E-state index < -0.39 is 17.9 Å². The van der Waals surface area contributed by atoms with Crippen LogP contribution in [0.1, 0.15) is 19.7 Å². The number of carbonyl (C=O) groups is 1. The first kappa shape index (κ1) is 16.9. The zero-order chi connectivity index (χ0) is 17.4. The van der Waals surface area contributed by atoms with Crippen molar-refractivity contribution in [3.8, 4) is 5.75 Å². The molecule has 1 aliphatic rings. The lowest BCUT2D eigenvalue weighted by molar-refractivity contribution is -0.144. The van der Waals surface area contributed by atoms with Gasteiger partial charge in [-0.3, -0.25) is 0 Å². The Morgan fingerprint density at radius 3 is 3.08 bits per heavy atom. The third-order valence-corrected chi connectivity index (χ3v) is 4.74. The largest absolute Gasteiger partial charge is 0.479 e. The molecule has 3 rings (SSSR count). The van der Waals surface area contributed by atoms with E-state index in [9.17, 15) is 9.18 Å². The molecule has 0 amide bonds. The van der Waals surface area contributed by atoms with Crippen LogP contribution in [0.3, 0.4) is 0 Å². The lowest BCUT2D eigenvalue weighted by atomic mass is 10.1. The molecule has 0 radical (unpaired) electrons. The van der Waals surface area contributed by atoms with Crippen molar-refractivity contribution in [3.05, 3.63) is 33.6 Å². The number of carboxylic acids is 1. The first-order valence-electron chi connectivity index (χ1n) is 7.33. The normalized spacial score (nSPS) is 18.5. The Morgan fingerprint density at radius 2 is 2.38 bits per heavy atom. The highest BCUT2D eigenvalue weighted by Crippen LogP contribution is 2.32. The van der Waals surface area contributed by atoms with Crippen molar-refractivity contribution in [2.45, 2.75) is 32.9 Å². The summed E-state index contributed by atoms with van der Waals surface area (Å²) in [6.45, 7) is 4.27. The van der Waals surface area contributed by atoms with Crippen LogP contribution in [-0.2, 0) is 17.8 Å². The maximum absolute atomic E-state index is 14.2. The average Bonchev–Trinajstić information content (AvgIpc) is 3.04. The molecule has 6 nitrogen and oxygen atoms in total. The molecule has 1 aromatic carbocycles. The highest BCUT2D eigenvalue weighted by molar-refractivity contribution is 7.02. The zero-order valence-corrected chi connectivity index (χ0v) is 14.6. The van der Waals surface area contributed by atoms with Crippen molar-refractivity contribution in [1.29, 1.82) is 0 Å². The van der Waals surface area contributed by atoms with Crippen LogP contribution < -0.4 is 9.54 Å². The lowest BCUT2D eigenvalue weighted by Crippen LogP contribution is -2.23. The van der Waals surface area contributed by atoms with Crippen molar-refractivity contribution in [1.82, 2.24) is 8.94 Å². The van der Waals surface area contributed by atoms with Crippen molar-refractivity contribution in [2.24, 2.45) is 10.9 Å². The van der Waals surface area contributed by atoms with Crippen molar-refractivity contribution >= 4 is 34.8 Å². The number of halogens is 2. The van der Waals surface area contributed by atoms with E-state index in [4.69, 9.17) is 21.4 Å². The fourth-order valence-corrected chi connectivity index (χ4v) is 3.41. The molecule has 0 saturated carbocycles. The van der Waals surface area contributed by atoms with Crippen LogP contribution in [-0.4, -0.2) is 26.1 Å². The van der Waals surface area contributed by atoms with Crippen LogP contribution in [0.4, 0.5) is 10.1 Å². The van der Waals surface area contributed by atoms with Gasteiger partial charge < -0.3 is 14.4 Å². The van der Waals surface area contributed by atoms with Crippen LogP contribution in [0, 0.1) is 11.7 Å². The maximum Gasteiger partial charge on any atom is 0.344 e. The standard InChI is InChI=1S/C15H15ClFN3O3S/c1-7-3-13-19-24-15(20(13)6-7)18-11-5-12(9(16)4-10(11)17)23-8(2)14(21)22/h4-5,7-8H,3,6H2,1-2H3,(H,21,22). The van der Waals surface area contributed by atoms with E-state index in [0.29, 0.717) is 10.7 Å². The van der Waals surface area contributed by atoms with Gasteiger partial charge in [0.25, 0.3) is 0 Å². The Hall–Kier alpha value is -1.93. The molecule has 0 fully saturated rings.